The summed E-state index contributed by atoms with van der Waals surface area (Å²) in [4.78, 5) is 15.4. The van der Waals surface area contributed by atoms with E-state index in [9.17, 15) is 9.90 Å². The first-order valence-electron chi connectivity index (χ1n) is 9.20. The fourth-order valence-corrected chi connectivity index (χ4v) is 3.42. The van der Waals surface area contributed by atoms with E-state index in [1.165, 1.54) is 5.69 Å². The molecule has 2 aromatic carbocycles. The van der Waals surface area contributed by atoms with Gasteiger partial charge in [0.15, 0.2) is 0 Å². The number of rotatable bonds is 7. The molecule has 0 aliphatic carbocycles. The number of primary amides is 1. The predicted molar refractivity (Wildman–Crippen MR) is 114 cm³/mol. The SMILES string of the molecule is NC(=O)Nc1ccc(OCC(O)CN2CCN(c3ccc(Br)cc3)CC2)cc1. The van der Waals surface area contributed by atoms with Gasteiger partial charge in [0.05, 0.1) is 0 Å². The summed E-state index contributed by atoms with van der Waals surface area (Å²) < 4.78 is 6.72. The van der Waals surface area contributed by atoms with Crippen LogP contribution in [-0.2, 0) is 0 Å². The van der Waals surface area contributed by atoms with Gasteiger partial charge < -0.3 is 25.8 Å². The van der Waals surface area contributed by atoms with E-state index in [-0.39, 0.29) is 6.61 Å². The van der Waals surface area contributed by atoms with E-state index in [1.807, 2.05) is 0 Å². The van der Waals surface area contributed by atoms with Crippen LogP contribution in [0.4, 0.5) is 16.2 Å². The van der Waals surface area contributed by atoms with Crippen LogP contribution in [-0.4, -0.2) is 61.5 Å². The molecule has 150 valence electrons. The van der Waals surface area contributed by atoms with Gasteiger partial charge in [-0.2, -0.15) is 0 Å². The number of carbonyl (C=O) groups is 1. The van der Waals surface area contributed by atoms with Crippen molar-refractivity contribution >= 4 is 33.3 Å². The largest absolute Gasteiger partial charge is 0.491 e. The molecule has 2 amide bonds. The van der Waals surface area contributed by atoms with Crippen LogP contribution in [0.3, 0.4) is 0 Å². The number of hydrogen-bond donors (Lipinski definition) is 3. The summed E-state index contributed by atoms with van der Waals surface area (Å²) in [6, 6.07) is 14.6. The molecule has 7 nitrogen and oxygen atoms in total. The maximum atomic E-state index is 10.8. The molecule has 1 saturated heterocycles. The van der Waals surface area contributed by atoms with E-state index in [1.54, 1.807) is 24.3 Å². The third kappa shape index (κ3) is 6.12. The van der Waals surface area contributed by atoms with Crippen LogP contribution in [0.1, 0.15) is 0 Å². The second kappa shape index (κ2) is 9.77. The summed E-state index contributed by atoms with van der Waals surface area (Å²) >= 11 is 3.46. The summed E-state index contributed by atoms with van der Waals surface area (Å²) in [5, 5.41) is 12.8. The summed E-state index contributed by atoms with van der Waals surface area (Å²) in [5.41, 5.74) is 6.90. The van der Waals surface area contributed by atoms with E-state index >= 15 is 0 Å². The number of benzene rings is 2. The maximum Gasteiger partial charge on any atom is 0.316 e. The van der Waals surface area contributed by atoms with Gasteiger partial charge in [0.25, 0.3) is 0 Å². The Hall–Kier alpha value is -2.29. The molecule has 0 radical (unpaired) electrons. The molecule has 0 spiro atoms. The number of nitrogens with one attached hydrogen (secondary N) is 1. The lowest BCUT2D eigenvalue weighted by Gasteiger charge is -2.36. The van der Waals surface area contributed by atoms with Crippen molar-refractivity contribution in [2.24, 2.45) is 5.73 Å². The number of urea groups is 1. The number of β-amino-alcohol motifs (C(OH)–C–C–N with tert-alkyl or cyclic N) is 1. The third-order valence-electron chi connectivity index (χ3n) is 4.60. The minimum absolute atomic E-state index is 0.218. The fourth-order valence-electron chi connectivity index (χ4n) is 3.16. The third-order valence-corrected chi connectivity index (χ3v) is 5.13. The van der Waals surface area contributed by atoms with E-state index in [0.29, 0.717) is 18.0 Å². The highest BCUT2D eigenvalue weighted by Crippen LogP contribution is 2.20. The molecule has 3 rings (SSSR count). The number of aliphatic hydroxyl groups is 1. The molecule has 0 bridgehead atoms. The van der Waals surface area contributed by atoms with Crippen molar-refractivity contribution in [2.45, 2.75) is 6.10 Å². The Morgan fingerprint density at radius 1 is 1.11 bits per heavy atom. The summed E-state index contributed by atoms with van der Waals surface area (Å²) in [6.45, 7) is 4.47. The molecular weight excluding hydrogens is 424 g/mol. The number of anilines is 2. The quantitative estimate of drug-likeness (QED) is 0.605. The van der Waals surface area contributed by atoms with Gasteiger partial charge in [0.1, 0.15) is 18.5 Å². The Balaban J connectivity index is 1.39. The van der Waals surface area contributed by atoms with Crippen LogP contribution in [0.25, 0.3) is 0 Å². The molecule has 1 aliphatic heterocycles. The minimum Gasteiger partial charge on any atom is -0.491 e. The molecule has 2 aromatic rings. The second-order valence-corrected chi connectivity index (χ2v) is 7.66. The molecule has 1 fully saturated rings. The highest BCUT2D eigenvalue weighted by atomic mass is 79.9. The van der Waals surface area contributed by atoms with Crippen LogP contribution < -0.4 is 20.7 Å². The van der Waals surface area contributed by atoms with Gasteiger partial charge in [-0.3, -0.25) is 4.90 Å². The molecule has 1 atom stereocenters. The zero-order valence-corrected chi connectivity index (χ0v) is 17.1. The van der Waals surface area contributed by atoms with E-state index in [2.05, 4.69) is 55.3 Å². The highest BCUT2D eigenvalue weighted by Gasteiger charge is 2.19. The molecule has 1 heterocycles. The van der Waals surface area contributed by atoms with Gasteiger partial charge in [-0.1, -0.05) is 15.9 Å². The van der Waals surface area contributed by atoms with Crippen LogP contribution in [0, 0.1) is 0 Å². The lowest BCUT2D eigenvalue weighted by atomic mass is 10.2. The molecule has 0 saturated carbocycles. The lowest BCUT2D eigenvalue weighted by Crippen LogP contribution is -2.49. The first kappa shape index (κ1) is 20.4. The van der Waals surface area contributed by atoms with E-state index in [0.717, 1.165) is 30.7 Å². The Morgan fingerprint density at radius 3 is 2.36 bits per heavy atom. The highest BCUT2D eigenvalue weighted by molar-refractivity contribution is 9.10. The monoisotopic (exact) mass is 448 g/mol. The van der Waals surface area contributed by atoms with Crippen molar-refractivity contribution in [3.8, 4) is 5.75 Å². The molecule has 4 N–H and O–H groups in total. The molecule has 8 heteroatoms. The molecule has 1 aliphatic rings. The Morgan fingerprint density at radius 2 is 1.75 bits per heavy atom. The van der Waals surface area contributed by atoms with E-state index in [4.69, 9.17) is 10.5 Å². The lowest BCUT2D eigenvalue weighted by molar-refractivity contribution is 0.0663. The second-order valence-electron chi connectivity index (χ2n) is 6.74. The number of nitrogens with two attached hydrogens (primary N) is 1. The summed E-state index contributed by atoms with van der Waals surface area (Å²) in [6.07, 6.45) is -0.567. The van der Waals surface area contributed by atoms with Crippen molar-refractivity contribution in [1.82, 2.24) is 4.90 Å². The maximum absolute atomic E-state index is 10.8. The van der Waals surface area contributed by atoms with Gasteiger partial charge in [-0.15, -0.1) is 0 Å². The number of hydrogen-bond acceptors (Lipinski definition) is 5. The minimum atomic E-state index is -0.607. The Labute approximate surface area is 173 Å². The number of carbonyl (C=O) groups excluding carboxylic acids is 1. The fraction of sp³-hybridized carbons (Fsp3) is 0.350. The van der Waals surface area contributed by atoms with Crippen LogP contribution in [0.5, 0.6) is 5.75 Å². The smallest absolute Gasteiger partial charge is 0.316 e. The van der Waals surface area contributed by atoms with Crippen molar-refractivity contribution in [3.05, 3.63) is 53.0 Å². The van der Waals surface area contributed by atoms with Crippen LogP contribution in [0.15, 0.2) is 53.0 Å². The first-order valence-corrected chi connectivity index (χ1v) is 9.99. The Bertz CT molecular complexity index is 762. The van der Waals surface area contributed by atoms with Gasteiger partial charge in [0, 0.05) is 48.6 Å². The average Bonchev–Trinajstić information content (AvgIpc) is 2.68. The average molecular weight is 449 g/mol. The van der Waals surface area contributed by atoms with Gasteiger partial charge in [-0.05, 0) is 48.5 Å². The zero-order chi connectivity index (χ0) is 19.9. The number of nitrogens with zero attached hydrogens (tertiary/aromatic N) is 2. The number of piperazine rings is 1. The van der Waals surface area contributed by atoms with Crippen molar-refractivity contribution in [2.75, 3.05) is 49.5 Å². The van der Waals surface area contributed by atoms with Gasteiger partial charge in [0.2, 0.25) is 0 Å². The van der Waals surface area contributed by atoms with Crippen LogP contribution in [0.2, 0.25) is 0 Å². The van der Waals surface area contributed by atoms with Crippen molar-refractivity contribution in [3.63, 3.8) is 0 Å². The topological polar surface area (TPSA) is 91.1 Å². The number of amides is 2. The number of ether oxygens (including phenoxy) is 1. The van der Waals surface area contributed by atoms with Crippen LogP contribution >= 0.6 is 15.9 Å². The van der Waals surface area contributed by atoms with Gasteiger partial charge in [-0.25, -0.2) is 4.79 Å². The first-order chi connectivity index (χ1) is 13.5. The summed E-state index contributed by atoms with van der Waals surface area (Å²) in [7, 11) is 0. The normalized spacial score (nSPS) is 15.9. The number of halogens is 1. The number of aliphatic hydroxyl groups excluding tert-OH is 1. The molecule has 0 aromatic heterocycles. The predicted octanol–water partition coefficient (Wildman–Crippen LogP) is 2.50. The van der Waals surface area contributed by atoms with Crippen molar-refractivity contribution in [1.29, 1.82) is 0 Å². The van der Waals surface area contributed by atoms with Gasteiger partial charge >= 0.3 is 6.03 Å². The summed E-state index contributed by atoms with van der Waals surface area (Å²) in [5.74, 6) is 0.633. The molecule has 28 heavy (non-hydrogen) atoms. The standard InChI is InChI=1S/C20H25BrN4O3/c21-15-1-5-17(6-2-15)25-11-9-24(10-12-25)13-18(26)14-28-19-7-3-16(4-8-19)23-20(22)27/h1-8,18,26H,9-14H2,(H3,22,23,27). The molecular formula is C20H25BrN4O3. The molecule has 1 unspecified atom stereocenters. The zero-order valence-electron chi connectivity index (χ0n) is 15.6. The Kier molecular flexibility index (Phi) is 7.13. The van der Waals surface area contributed by atoms with E-state index < -0.39 is 12.1 Å². The van der Waals surface area contributed by atoms with Crippen molar-refractivity contribution < 1.29 is 14.6 Å².